The number of hydrogen-bond donors (Lipinski definition) is 1. The smallest absolute Gasteiger partial charge is 0.267 e. The Labute approximate surface area is 168 Å². The Morgan fingerprint density at radius 2 is 1.90 bits per heavy atom. The van der Waals surface area contributed by atoms with E-state index in [1.165, 1.54) is 18.3 Å². The number of carbonyl (C=O) groups is 2. The van der Waals surface area contributed by atoms with Gasteiger partial charge in [-0.15, -0.1) is 0 Å². The molecule has 1 aliphatic rings. The lowest BCUT2D eigenvalue weighted by molar-refractivity contribution is 0.0656. The summed E-state index contributed by atoms with van der Waals surface area (Å²) in [5, 5.41) is 0. The number of rotatable bonds is 5. The Morgan fingerprint density at radius 3 is 2.66 bits per heavy atom. The van der Waals surface area contributed by atoms with E-state index in [-0.39, 0.29) is 30.0 Å². The molecule has 1 heterocycles. The minimum absolute atomic E-state index is 0.149. The summed E-state index contributed by atoms with van der Waals surface area (Å²) in [4.78, 5) is 31.0. The molecule has 0 unspecified atom stereocenters. The fourth-order valence-electron chi connectivity index (χ4n) is 3.93. The average Bonchev–Trinajstić information content (AvgIpc) is 3.15. The van der Waals surface area contributed by atoms with Crippen LogP contribution in [0.25, 0.3) is 0 Å². The van der Waals surface area contributed by atoms with Gasteiger partial charge in [-0.05, 0) is 54.3 Å². The topological polar surface area (TPSA) is 76.3 Å². The predicted molar refractivity (Wildman–Crippen MR) is 107 cm³/mol. The van der Waals surface area contributed by atoms with E-state index in [4.69, 9.17) is 5.73 Å². The van der Waals surface area contributed by atoms with Crippen LogP contribution in [0.15, 0.2) is 66.9 Å². The van der Waals surface area contributed by atoms with E-state index in [9.17, 15) is 14.0 Å². The minimum atomic E-state index is -0.637. The Kier molecular flexibility index (Phi) is 5.08. The molecule has 0 bridgehead atoms. The molecule has 0 saturated heterocycles. The van der Waals surface area contributed by atoms with Crippen LogP contribution in [-0.4, -0.2) is 21.7 Å². The number of benzene rings is 2. The lowest BCUT2D eigenvalue weighted by Gasteiger charge is -2.30. The van der Waals surface area contributed by atoms with Crippen molar-refractivity contribution in [3.8, 4) is 0 Å². The molecule has 4 rings (SSSR count). The van der Waals surface area contributed by atoms with Crippen molar-refractivity contribution in [2.45, 2.75) is 25.4 Å². The highest BCUT2D eigenvalue weighted by Crippen LogP contribution is 2.38. The van der Waals surface area contributed by atoms with Gasteiger partial charge in [-0.1, -0.05) is 30.3 Å². The summed E-state index contributed by atoms with van der Waals surface area (Å²) < 4.78 is 13.7. The van der Waals surface area contributed by atoms with Gasteiger partial charge in [0.2, 0.25) is 0 Å². The van der Waals surface area contributed by atoms with Crippen LogP contribution in [0.1, 0.15) is 50.0 Å². The van der Waals surface area contributed by atoms with Crippen LogP contribution in [0, 0.1) is 5.82 Å². The van der Waals surface area contributed by atoms with Crippen molar-refractivity contribution in [2.75, 3.05) is 0 Å². The molecule has 2 aromatic carbocycles. The zero-order valence-corrected chi connectivity index (χ0v) is 15.7. The molecule has 146 valence electrons. The first kappa shape index (κ1) is 18.8. The second kappa shape index (κ2) is 7.83. The number of aryl methyl sites for hydroxylation is 1. The number of hydrogen-bond acceptors (Lipinski definition) is 3. The molecular weight excluding hydrogens is 369 g/mol. The summed E-state index contributed by atoms with van der Waals surface area (Å²) in [6.45, 7) is 0.182. The molecule has 0 saturated carbocycles. The monoisotopic (exact) mass is 389 g/mol. The van der Waals surface area contributed by atoms with Crippen molar-refractivity contribution in [3.05, 3.63) is 101 Å². The van der Waals surface area contributed by atoms with Gasteiger partial charge in [-0.25, -0.2) is 4.39 Å². The van der Waals surface area contributed by atoms with Gasteiger partial charge < -0.3 is 10.6 Å². The number of primary amides is 1. The molecule has 0 radical (unpaired) electrons. The van der Waals surface area contributed by atoms with E-state index in [1.807, 2.05) is 18.2 Å². The lowest BCUT2D eigenvalue weighted by Crippen LogP contribution is -2.34. The molecule has 0 aliphatic heterocycles. The Hall–Kier alpha value is -3.54. The van der Waals surface area contributed by atoms with Gasteiger partial charge in [-0.2, -0.15) is 0 Å². The molecule has 0 spiro atoms. The molecule has 29 heavy (non-hydrogen) atoms. The number of nitrogens with two attached hydrogens (primary N) is 1. The van der Waals surface area contributed by atoms with Crippen molar-refractivity contribution < 1.29 is 14.0 Å². The first-order valence-corrected chi connectivity index (χ1v) is 9.42. The van der Waals surface area contributed by atoms with E-state index in [0.717, 1.165) is 11.1 Å². The van der Waals surface area contributed by atoms with Gasteiger partial charge in [-0.3, -0.25) is 14.6 Å². The predicted octanol–water partition coefficient (Wildman–Crippen LogP) is 3.65. The SMILES string of the molecule is NC(=O)c1ncccc1CN(C(=O)c1ccccc1)[C@@H]1CCc2cc(F)ccc21. The number of halogens is 1. The van der Waals surface area contributed by atoms with E-state index in [2.05, 4.69) is 4.98 Å². The van der Waals surface area contributed by atoms with Crippen LogP contribution in [0.2, 0.25) is 0 Å². The summed E-state index contributed by atoms with van der Waals surface area (Å²) >= 11 is 0. The van der Waals surface area contributed by atoms with Crippen LogP contribution in [-0.2, 0) is 13.0 Å². The van der Waals surface area contributed by atoms with Crippen LogP contribution in [0.3, 0.4) is 0 Å². The van der Waals surface area contributed by atoms with Crippen molar-refractivity contribution in [1.29, 1.82) is 0 Å². The maximum Gasteiger partial charge on any atom is 0.267 e. The van der Waals surface area contributed by atoms with Gasteiger partial charge >= 0.3 is 0 Å². The third-order valence-corrected chi connectivity index (χ3v) is 5.27. The Bertz CT molecular complexity index is 1070. The summed E-state index contributed by atoms with van der Waals surface area (Å²) in [5.41, 5.74) is 8.59. The number of aromatic nitrogens is 1. The molecule has 2 N–H and O–H groups in total. The van der Waals surface area contributed by atoms with Gasteiger partial charge in [0.15, 0.2) is 0 Å². The van der Waals surface area contributed by atoms with E-state index in [0.29, 0.717) is 24.0 Å². The van der Waals surface area contributed by atoms with Crippen LogP contribution in [0.4, 0.5) is 4.39 Å². The maximum absolute atomic E-state index is 13.7. The molecule has 6 heteroatoms. The van der Waals surface area contributed by atoms with Gasteiger partial charge in [0, 0.05) is 23.9 Å². The molecule has 1 atom stereocenters. The number of pyridine rings is 1. The second-order valence-corrected chi connectivity index (χ2v) is 7.07. The quantitative estimate of drug-likeness (QED) is 0.724. The van der Waals surface area contributed by atoms with Gasteiger partial charge in [0.05, 0.1) is 6.04 Å². The third kappa shape index (κ3) is 3.74. The van der Waals surface area contributed by atoms with Crippen LogP contribution < -0.4 is 5.73 Å². The number of fused-ring (bicyclic) bond motifs is 1. The summed E-state index contributed by atoms with van der Waals surface area (Å²) in [6, 6.07) is 16.9. The van der Waals surface area contributed by atoms with Crippen molar-refractivity contribution in [1.82, 2.24) is 9.88 Å². The van der Waals surface area contributed by atoms with Gasteiger partial charge in [0.25, 0.3) is 11.8 Å². The van der Waals surface area contributed by atoms with Crippen molar-refractivity contribution in [3.63, 3.8) is 0 Å². The standard InChI is InChI=1S/C23H20FN3O2/c24-18-9-10-19-16(13-18)8-11-20(19)27(23(29)15-5-2-1-3-6-15)14-17-7-4-12-26-21(17)22(25)28/h1-7,9-10,12-13,20H,8,11,14H2,(H2,25,28)/t20-/m1/s1. The van der Waals surface area contributed by atoms with Crippen LogP contribution >= 0.6 is 0 Å². The third-order valence-electron chi connectivity index (χ3n) is 5.27. The first-order valence-electron chi connectivity index (χ1n) is 9.42. The Balaban J connectivity index is 1.76. The number of nitrogens with zero attached hydrogens (tertiary/aromatic N) is 2. The highest BCUT2D eigenvalue weighted by molar-refractivity contribution is 5.95. The first-order chi connectivity index (χ1) is 14.0. The zero-order chi connectivity index (χ0) is 20.4. The Morgan fingerprint density at radius 1 is 1.10 bits per heavy atom. The molecular formula is C23H20FN3O2. The molecule has 1 aliphatic carbocycles. The maximum atomic E-state index is 13.7. The molecule has 5 nitrogen and oxygen atoms in total. The summed E-state index contributed by atoms with van der Waals surface area (Å²) in [7, 11) is 0. The number of carbonyl (C=O) groups excluding carboxylic acids is 2. The second-order valence-electron chi connectivity index (χ2n) is 7.07. The van der Waals surface area contributed by atoms with E-state index < -0.39 is 5.91 Å². The fraction of sp³-hybridized carbons (Fsp3) is 0.174. The summed E-state index contributed by atoms with van der Waals surface area (Å²) in [6.07, 6.45) is 2.87. The highest BCUT2D eigenvalue weighted by Gasteiger charge is 2.32. The molecule has 0 fully saturated rings. The highest BCUT2D eigenvalue weighted by atomic mass is 19.1. The minimum Gasteiger partial charge on any atom is -0.364 e. The van der Waals surface area contributed by atoms with Crippen molar-refractivity contribution >= 4 is 11.8 Å². The van der Waals surface area contributed by atoms with E-state index in [1.54, 1.807) is 35.2 Å². The molecule has 1 aromatic heterocycles. The lowest BCUT2D eigenvalue weighted by atomic mass is 10.0. The van der Waals surface area contributed by atoms with Crippen LogP contribution in [0.5, 0.6) is 0 Å². The van der Waals surface area contributed by atoms with E-state index >= 15 is 0 Å². The average molecular weight is 389 g/mol. The largest absolute Gasteiger partial charge is 0.364 e. The van der Waals surface area contributed by atoms with Crippen molar-refractivity contribution in [2.24, 2.45) is 5.73 Å². The molecule has 3 aromatic rings. The normalized spacial score (nSPS) is 15.0. The molecule has 2 amide bonds. The number of amides is 2. The summed E-state index contributed by atoms with van der Waals surface area (Å²) in [5.74, 6) is -1.08. The fourth-order valence-corrected chi connectivity index (χ4v) is 3.93. The zero-order valence-electron chi connectivity index (χ0n) is 15.7. The van der Waals surface area contributed by atoms with Gasteiger partial charge in [0.1, 0.15) is 11.5 Å².